The Labute approximate surface area is 195 Å². The molecule has 0 spiro atoms. The van der Waals surface area contributed by atoms with Crippen LogP contribution in [0.4, 0.5) is 20.7 Å². The van der Waals surface area contributed by atoms with E-state index in [1.54, 1.807) is 24.3 Å². The van der Waals surface area contributed by atoms with Gasteiger partial charge in [-0.15, -0.1) is 0 Å². The van der Waals surface area contributed by atoms with E-state index >= 15 is 0 Å². The second kappa shape index (κ2) is 9.68. The molecule has 2 aromatic heterocycles. The Morgan fingerprint density at radius 2 is 1.62 bits per heavy atom. The Morgan fingerprint density at radius 3 is 2.35 bits per heavy atom. The van der Waals surface area contributed by atoms with Crippen molar-refractivity contribution in [3.05, 3.63) is 66.0 Å². The molecule has 0 radical (unpaired) electrons. The second-order valence-electron chi connectivity index (χ2n) is 7.97. The van der Waals surface area contributed by atoms with E-state index in [0.717, 1.165) is 12.0 Å². The lowest BCUT2D eigenvalue weighted by Crippen LogP contribution is -2.37. The van der Waals surface area contributed by atoms with Crippen molar-refractivity contribution < 1.29 is 13.5 Å². The molecule has 1 aliphatic heterocycles. The Kier molecular flexibility index (Phi) is 6.31. The van der Waals surface area contributed by atoms with Crippen LogP contribution >= 0.6 is 0 Å². The molecular formula is C24H25F2N7O. The molecule has 8 nitrogen and oxygen atoms in total. The number of nitrogens with zero attached hydrogens (tertiary/aromatic N) is 6. The monoisotopic (exact) mass is 465 g/mol. The first-order chi connectivity index (χ1) is 16.6. The maximum absolute atomic E-state index is 14.0. The summed E-state index contributed by atoms with van der Waals surface area (Å²) in [4.78, 5) is 19.9. The number of hydrogen-bond acceptors (Lipinski definition) is 7. The van der Waals surface area contributed by atoms with Crippen LogP contribution in [0.15, 0.2) is 54.6 Å². The maximum atomic E-state index is 14.0. The van der Waals surface area contributed by atoms with Gasteiger partial charge >= 0.3 is 0 Å². The van der Waals surface area contributed by atoms with E-state index in [2.05, 4.69) is 32.2 Å². The number of halogens is 2. The third-order valence-electron chi connectivity index (χ3n) is 5.80. The molecule has 3 heterocycles. The fraction of sp³-hybridized carbons (Fsp3) is 0.333. The minimum absolute atomic E-state index is 0.0527. The molecule has 10 heteroatoms. The van der Waals surface area contributed by atoms with Crippen molar-refractivity contribution in [2.45, 2.75) is 25.8 Å². The number of rotatable bonds is 7. The highest BCUT2D eigenvalue weighted by Gasteiger charge is 2.25. The molecule has 1 fully saturated rings. The quantitative estimate of drug-likeness (QED) is 0.429. The molecular weight excluding hydrogens is 440 g/mol. The summed E-state index contributed by atoms with van der Waals surface area (Å²) in [6.07, 6.45) is -2.01. The zero-order chi connectivity index (χ0) is 23.5. The fourth-order valence-electron chi connectivity index (χ4n) is 4.09. The highest BCUT2D eigenvalue weighted by molar-refractivity contribution is 5.77. The number of benzene rings is 2. The molecule has 2 aromatic carbocycles. The van der Waals surface area contributed by atoms with E-state index in [0.29, 0.717) is 49.2 Å². The third-order valence-corrected chi connectivity index (χ3v) is 5.80. The van der Waals surface area contributed by atoms with Crippen LogP contribution in [0, 0.1) is 0 Å². The van der Waals surface area contributed by atoms with E-state index in [9.17, 15) is 8.78 Å². The minimum atomic E-state index is -2.79. The molecule has 1 saturated heterocycles. The van der Waals surface area contributed by atoms with Gasteiger partial charge in [-0.3, -0.25) is 4.57 Å². The third kappa shape index (κ3) is 4.41. The van der Waals surface area contributed by atoms with Crippen molar-refractivity contribution in [2.75, 3.05) is 36.5 Å². The predicted molar refractivity (Wildman–Crippen MR) is 126 cm³/mol. The average molecular weight is 466 g/mol. The molecule has 0 saturated carbocycles. The van der Waals surface area contributed by atoms with Crippen LogP contribution in [-0.4, -0.2) is 50.8 Å². The first kappa shape index (κ1) is 22.1. The van der Waals surface area contributed by atoms with Crippen molar-refractivity contribution in [2.24, 2.45) is 0 Å². The number of aromatic nitrogens is 5. The normalized spacial score (nSPS) is 15.1. The number of para-hydroxylation sites is 2. The average Bonchev–Trinajstić information content (AvgIpc) is 3.28. The summed E-state index contributed by atoms with van der Waals surface area (Å²) < 4.78 is 34.8. The number of fused-ring (bicyclic) bond motifs is 1. The van der Waals surface area contributed by atoms with Gasteiger partial charge in [-0.05, 0) is 24.1 Å². The van der Waals surface area contributed by atoms with Gasteiger partial charge in [0.15, 0.2) is 5.82 Å². The molecule has 0 unspecified atom stereocenters. The van der Waals surface area contributed by atoms with Gasteiger partial charge in [-0.1, -0.05) is 49.4 Å². The number of anilines is 2. The summed E-state index contributed by atoms with van der Waals surface area (Å²) in [7, 11) is 0. The van der Waals surface area contributed by atoms with E-state index in [-0.39, 0.29) is 12.0 Å². The number of alkyl halides is 2. The summed E-state index contributed by atoms with van der Waals surface area (Å²) in [6, 6.07) is 16.9. The van der Waals surface area contributed by atoms with Crippen LogP contribution in [0.2, 0.25) is 0 Å². The number of imidazole rings is 1. The summed E-state index contributed by atoms with van der Waals surface area (Å²) in [6.45, 7) is 4.35. The van der Waals surface area contributed by atoms with Crippen molar-refractivity contribution in [1.82, 2.24) is 24.5 Å². The molecule has 1 atom stereocenters. The molecule has 0 aliphatic carbocycles. The van der Waals surface area contributed by atoms with Gasteiger partial charge < -0.3 is 15.0 Å². The summed E-state index contributed by atoms with van der Waals surface area (Å²) >= 11 is 0. The van der Waals surface area contributed by atoms with Gasteiger partial charge in [0.1, 0.15) is 0 Å². The van der Waals surface area contributed by atoms with Crippen molar-refractivity contribution in [1.29, 1.82) is 0 Å². The Hall–Kier alpha value is -3.66. The van der Waals surface area contributed by atoms with E-state index in [4.69, 9.17) is 4.74 Å². The van der Waals surface area contributed by atoms with Gasteiger partial charge in [0.2, 0.25) is 17.8 Å². The number of ether oxygens (including phenoxy) is 1. The molecule has 176 valence electrons. The minimum Gasteiger partial charge on any atom is -0.378 e. The maximum Gasteiger partial charge on any atom is 0.296 e. The standard InChI is InChI=1S/C24H25F2N7O/c1-2-17(16-8-4-3-5-9-16)28-22-29-23(32-12-14-34-15-13-32)31-24(30-22)33-19-11-7-6-10-18(19)27-21(33)20(25)26/h3-11,17,20H,2,12-15H2,1H3,(H,28,29,30,31)/t17-/m0/s1. The Bertz CT molecular complexity index is 1260. The SMILES string of the molecule is CC[C@H](Nc1nc(N2CCOCC2)nc(-n2c(C(F)F)nc3ccccc32)n1)c1ccccc1. The Morgan fingerprint density at radius 1 is 0.912 bits per heavy atom. The summed E-state index contributed by atoms with van der Waals surface area (Å²) in [5.41, 5.74) is 2.05. The molecule has 0 amide bonds. The molecule has 34 heavy (non-hydrogen) atoms. The van der Waals surface area contributed by atoms with Gasteiger partial charge in [0.05, 0.1) is 30.3 Å². The topological polar surface area (TPSA) is 81.0 Å². The molecule has 4 aromatic rings. The lowest BCUT2D eigenvalue weighted by Gasteiger charge is -2.27. The zero-order valence-electron chi connectivity index (χ0n) is 18.7. The van der Waals surface area contributed by atoms with Crippen molar-refractivity contribution >= 4 is 22.9 Å². The fourth-order valence-corrected chi connectivity index (χ4v) is 4.09. The largest absolute Gasteiger partial charge is 0.378 e. The van der Waals surface area contributed by atoms with Crippen LogP contribution in [0.1, 0.15) is 37.2 Å². The lowest BCUT2D eigenvalue weighted by atomic mass is 10.1. The van der Waals surface area contributed by atoms with Crippen LogP contribution in [0.25, 0.3) is 17.0 Å². The van der Waals surface area contributed by atoms with E-state index in [1.807, 2.05) is 35.2 Å². The first-order valence-corrected chi connectivity index (χ1v) is 11.3. The zero-order valence-corrected chi connectivity index (χ0v) is 18.7. The second-order valence-corrected chi connectivity index (χ2v) is 7.97. The Balaban J connectivity index is 1.63. The molecule has 0 bridgehead atoms. The van der Waals surface area contributed by atoms with Crippen LogP contribution in [-0.2, 0) is 4.74 Å². The van der Waals surface area contributed by atoms with Crippen LogP contribution in [0.3, 0.4) is 0 Å². The molecule has 5 rings (SSSR count). The molecule has 1 aliphatic rings. The lowest BCUT2D eigenvalue weighted by molar-refractivity contribution is 0.122. The van der Waals surface area contributed by atoms with E-state index in [1.165, 1.54) is 4.57 Å². The van der Waals surface area contributed by atoms with Crippen LogP contribution < -0.4 is 10.2 Å². The number of hydrogen-bond donors (Lipinski definition) is 1. The van der Waals surface area contributed by atoms with Gasteiger partial charge in [-0.2, -0.15) is 15.0 Å². The highest BCUT2D eigenvalue weighted by Crippen LogP contribution is 2.28. The first-order valence-electron chi connectivity index (χ1n) is 11.3. The molecule has 1 N–H and O–H groups in total. The van der Waals surface area contributed by atoms with Gasteiger partial charge in [0.25, 0.3) is 6.43 Å². The summed E-state index contributed by atoms with van der Waals surface area (Å²) in [5, 5.41) is 3.38. The van der Waals surface area contributed by atoms with Crippen molar-refractivity contribution in [3.8, 4) is 5.95 Å². The van der Waals surface area contributed by atoms with E-state index < -0.39 is 12.2 Å². The van der Waals surface area contributed by atoms with Crippen molar-refractivity contribution in [3.63, 3.8) is 0 Å². The van der Waals surface area contributed by atoms with Crippen LogP contribution in [0.5, 0.6) is 0 Å². The summed E-state index contributed by atoms with van der Waals surface area (Å²) in [5.74, 6) is 0.434. The van der Waals surface area contributed by atoms with Gasteiger partial charge in [-0.25, -0.2) is 13.8 Å². The smallest absolute Gasteiger partial charge is 0.296 e. The highest BCUT2D eigenvalue weighted by atomic mass is 19.3. The number of nitrogens with one attached hydrogen (secondary N) is 1. The predicted octanol–water partition coefficient (Wildman–Crippen LogP) is 4.55. The number of morpholine rings is 1. The van der Waals surface area contributed by atoms with Gasteiger partial charge in [0, 0.05) is 13.1 Å².